The van der Waals surface area contributed by atoms with Crippen LogP contribution in [0.15, 0.2) is 29.2 Å². The molecule has 0 atom stereocenters. The average molecular weight is 298 g/mol. The van der Waals surface area contributed by atoms with Crippen molar-refractivity contribution in [3.05, 3.63) is 24.3 Å². The predicted molar refractivity (Wildman–Crippen MR) is 84.9 cm³/mol. The molecule has 0 radical (unpaired) electrons. The molecule has 0 aliphatic heterocycles. The van der Waals surface area contributed by atoms with Crippen molar-refractivity contribution in [1.82, 2.24) is 0 Å². The molecule has 0 aromatic heterocycles. The van der Waals surface area contributed by atoms with E-state index in [9.17, 15) is 8.42 Å². The van der Waals surface area contributed by atoms with Crippen LogP contribution in [0.2, 0.25) is 0 Å². The Bertz CT molecular complexity index is 539. The van der Waals surface area contributed by atoms with Crippen molar-refractivity contribution in [2.75, 3.05) is 30.8 Å². The highest BCUT2D eigenvalue weighted by atomic mass is 32.2. The van der Waals surface area contributed by atoms with Crippen LogP contribution in [0.5, 0.6) is 0 Å². The van der Waals surface area contributed by atoms with E-state index in [-0.39, 0.29) is 11.2 Å². The Hall–Kier alpha value is -1.07. The van der Waals surface area contributed by atoms with Gasteiger partial charge < -0.3 is 10.6 Å². The summed E-state index contributed by atoms with van der Waals surface area (Å²) in [4.78, 5) is 2.40. The summed E-state index contributed by atoms with van der Waals surface area (Å²) in [5, 5.41) is 0. The van der Waals surface area contributed by atoms with Gasteiger partial charge in [0.05, 0.1) is 16.3 Å². The molecule has 114 valence electrons. The highest BCUT2D eigenvalue weighted by molar-refractivity contribution is 7.91. The summed E-state index contributed by atoms with van der Waals surface area (Å²) in [6.45, 7) is 7.30. The third kappa shape index (κ3) is 4.21. The van der Waals surface area contributed by atoms with Gasteiger partial charge in [0.1, 0.15) is 0 Å². The number of nitrogens with zero attached hydrogens (tertiary/aromatic N) is 1. The standard InChI is InChI=1S/C15H26N2O2S/c1-5-10-20(18,19)14-9-7-6-8-13(14)17(4)12-15(2,3)11-16/h6-9H,5,10-12,16H2,1-4H3. The van der Waals surface area contributed by atoms with Crippen LogP contribution in [0.3, 0.4) is 0 Å². The topological polar surface area (TPSA) is 63.4 Å². The second-order valence-corrected chi connectivity index (χ2v) is 8.09. The van der Waals surface area contributed by atoms with Crippen molar-refractivity contribution in [3.63, 3.8) is 0 Å². The molecule has 0 amide bonds. The fourth-order valence-corrected chi connectivity index (χ4v) is 3.79. The van der Waals surface area contributed by atoms with Crippen molar-refractivity contribution in [2.24, 2.45) is 11.1 Å². The number of benzene rings is 1. The summed E-state index contributed by atoms with van der Waals surface area (Å²) >= 11 is 0. The number of sulfone groups is 1. The molecular formula is C15H26N2O2S. The fraction of sp³-hybridized carbons (Fsp3) is 0.600. The molecule has 2 N–H and O–H groups in total. The first-order valence-electron chi connectivity index (χ1n) is 6.96. The number of hydrogen-bond acceptors (Lipinski definition) is 4. The Balaban J connectivity index is 3.14. The zero-order chi connectivity index (χ0) is 15.4. The molecule has 0 aliphatic carbocycles. The number of para-hydroxylation sites is 1. The molecule has 4 nitrogen and oxygen atoms in total. The molecule has 0 saturated carbocycles. The quantitative estimate of drug-likeness (QED) is 0.839. The second-order valence-electron chi connectivity index (χ2n) is 6.01. The number of anilines is 1. The minimum absolute atomic E-state index is 0.0591. The van der Waals surface area contributed by atoms with Gasteiger partial charge in [0.2, 0.25) is 0 Å². The second kappa shape index (κ2) is 6.59. The van der Waals surface area contributed by atoms with Gasteiger partial charge in [0.15, 0.2) is 9.84 Å². The smallest absolute Gasteiger partial charge is 0.180 e. The molecule has 1 rings (SSSR count). The minimum atomic E-state index is -3.22. The van der Waals surface area contributed by atoms with Crippen molar-refractivity contribution in [2.45, 2.75) is 32.1 Å². The van der Waals surface area contributed by atoms with Gasteiger partial charge in [-0.1, -0.05) is 32.9 Å². The Morgan fingerprint density at radius 2 is 1.85 bits per heavy atom. The summed E-state index contributed by atoms with van der Waals surface area (Å²) < 4.78 is 24.7. The van der Waals surface area contributed by atoms with Crippen LogP contribution in [-0.2, 0) is 9.84 Å². The summed E-state index contributed by atoms with van der Waals surface area (Å²) in [5.41, 5.74) is 6.45. The lowest BCUT2D eigenvalue weighted by atomic mass is 9.93. The Morgan fingerprint density at radius 1 is 1.25 bits per heavy atom. The van der Waals surface area contributed by atoms with Gasteiger partial charge in [-0.25, -0.2) is 8.42 Å². The van der Waals surface area contributed by atoms with E-state index in [0.29, 0.717) is 24.4 Å². The van der Waals surface area contributed by atoms with E-state index in [1.807, 2.05) is 31.0 Å². The van der Waals surface area contributed by atoms with E-state index in [0.717, 1.165) is 5.69 Å². The first kappa shape index (κ1) is 17.0. The van der Waals surface area contributed by atoms with E-state index in [1.54, 1.807) is 12.1 Å². The largest absolute Gasteiger partial charge is 0.373 e. The monoisotopic (exact) mass is 298 g/mol. The van der Waals surface area contributed by atoms with Crippen LogP contribution in [0.1, 0.15) is 27.2 Å². The molecule has 0 spiro atoms. The van der Waals surface area contributed by atoms with Crippen LogP contribution in [0, 0.1) is 5.41 Å². The molecule has 0 aliphatic rings. The molecule has 1 aromatic rings. The number of nitrogens with two attached hydrogens (primary N) is 1. The van der Waals surface area contributed by atoms with Crippen LogP contribution < -0.4 is 10.6 Å². The normalized spacial score (nSPS) is 12.4. The number of rotatable bonds is 7. The SMILES string of the molecule is CCCS(=O)(=O)c1ccccc1N(C)CC(C)(C)CN. The lowest BCUT2D eigenvalue weighted by molar-refractivity contribution is 0.384. The van der Waals surface area contributed by atoms with Gasteiger partial charge in [0, 0.05) is 13.6 Å². The molecule has 0 fully saturated rings. The van der Waals surface area contributed by atoms with Crippen LogP contribution in [0.4, 0.5) is 5.69 Å². The highest BCUT2D eigenvalue weighted by Crippen LogP contribution is 2.28. The molecule has 0 bridgehead atoms. The van der Waals surface area contributed by atoms with Crippen molar-refractivity contribution in [1.29, 1.82) is 0 Å². The van der Waals surface area contributed by atoms with Gasteiger partial charge in [-0.3, -0.25) is 0 Å². The highest BCUT2D eigenvalue weighted by Gasteiger charge is 2.23. The first-order valence-corrected chi connectivity index (χ1v) is 8.62. The molecule has 0 unspecified atom stereocenters. The van der Waals surface area contributed by atoms with Gasteiger partial charge in [-0.15, -0.1) is 0 Å². The molecule has 0 heterocycles. The minimum Gasteiger partial charge on any atom is -0.373 e. The fourth-order valence-electron chi connectivity index (χ4n) is 2.21. The van der Waals surface area contributed by atoms with E-state index >= 15 is 0 Å². The number of hydrogen-bond donors (Lipinski definition) is 1. The summed E-state index contributed by atoms with van der Waals surface area (Å²) in [6.07, 6.45) is 0.620. The lowest BCUT2D eigenvalue weighted by Crippen LogP contribution is -2.37. The lowest BCUT2D eigenvalue weighted by Gasteiger charge is -2.31. The van der Waals surface area contributed by atoms with Crippen molar-refractivity contribution in [3.8, 4) is 0 Å². The van der Waals surface area contributed by atoms with Crippen LogP contribution in [0.25, 0.3) is 0 Å². The first-order chi connectivity index (χ1) is 9.23. The Morgan fingerprint density at radius 3 is 2.40 bits per heavy atom. The van der Waals surface area contributed by atoms with E-state index in [1.165, 1.54) is 0 Å². The van der Waals surface area contributed by atoms with Crippen molar-refractivity contribution < 1.29 is 8.42 Å². The Labute approximate surface area is 122 Å². The average Bonchev–Trinajstić information content (AvgIpc) is 2.38. The zero-order valence-corrected chi connectivity index (χ0v) is 13.7. The maximum Gasteiger partial charge on any atom is 0.180 e. The third-order valence-electron chi connectivity index (χ3n) is 3.30. The van der Waals surface area contributed by atoms with Crippen molar-refractivity contribution >= 4 is 15.5 Å². The van der Waals surface area contributed by atoms with E-state index in [4.69, 9.17) is 5.73 Å². The maximum absolute atomic E-state index is 12.3. The van der Waals surface area contributed by atoms with Crippen LogP contribution >= 0.6 is 0 Å². The molecular weight excluding hydrogens is 272 g/mol. The van der Waals surface area contributed by atoms with Gasteiger partial charge >= 0.3 is 0 Å². The summed E-state index contributed by atoms with van der Waals surface area (Å²) in [7, 11) is -1.31. The molecule has 0 saturated heterocycles. The van der Waals surface area contributed by atoms with Gasteiger partial charge in [-0.05, 0) is 30.5 Å². The maximum atomic E-state index is 12.3. The zero-order valence-electron chi connectivity index (χ0n) is 12.9. The molecule has 20 heavy (non-hydrogen) atoms. The molecule has 1 aromatic carbocycles. The van der Waals surface area contributed by atoms with E-state index in [2.05, 4.69) is 13.8 Å². The molecule has 5 heteroatoms. The van der Waals surface area contributed by atoms with Gasteiger partial charge in [0.25, 0.3) is 0 Å². The predicted octanol–water partition coefficient (Wildman–Crippen LogP) is 2.29. The van der Waals surface area contributed by atoms with Crippen LogP contribution in [-0.4, -0.2) is 34.3 Å². The summed E-state index contributed by atoms with van der Waals surface area (Å²) in [5.74, 6) is 0.179. The Kier molecular flexibility index (Phi) is 5.59. The van der Waals surface area contributed by atoms with E-state index < -0.39 is 9.84 Å². The third-order valence-corrected chi connectivity index (χ3v) is 5.26. The van der Waals surface area contributed by atoms with Gasteiger partial charge in [-0.2, -0.15) is 0 Å². The summed E-state index contributed by atoms with van der Waals surface area (Å²) in [6, 6.07) is 7.18.